The average molecular weight is 236 g/mol. The van der Waals surface area contributed by atoms with Crippen molar-refractivity contribution in [2.75, 3.05) is 26.0 Å². The maximum atomic E-state index is 11.6. The smallest absolute Gasteiger partial charge is 0.409 e. The van der Waals surface area contributed by atoms with Crippen LogP contribution in [0.3, 0.4) is 0 Å². The molecule has 0 aliphatic carbocycles. The summed E-state index contributed by atoms with van der Waals surface area (Å²) in [6.45, 7) is 1.86. The van der Waals surface area contributed by atoms with Gasteiger partial charge in [0.2, 0.25) is 5.91 Å². The molecule has 0 atom stereocenters. The summed E-state index contributed by atoms with van der Waals surface area (Å²) in [5, 5.41) is 2.73. The predicted octanol–water partition coefficient (Wildman–Crippen LogP) is 1.63. The quantitative estimate of drug-likeness (QED) is 0.867. The van der Waals surface area contributed by atoms with E-state index in [9.17, 15) is 9.59 Å². The van der Waals surface area contributed by atoms with Crippen molar-refractivity contribution >= 4 is 17.7 Å². The zero-order chi connectivity index (χ0) is 12.8. The van der Waals surface area contributed by atoms with Crippen molar-refractivity contribution < 1.29 is 14.3 Å². The monoisotopic (exact) mass is 236 g/mol. The molecule has 1 aromatic carbocycles. The molecule has 0 saturated carbocycles. The Hall–Kier alpha value is -2.04. The molecular formula is C12H16N2O3. The molecule has 0 aliphatic heterocycles. The van der Waals surface area contributed by atoms with Gasteiger partial charge in [-0.15, -0.1) is 0 Å². The summed E-state index contributed by atoms with van der Waals surface area (Å²) in [6.07, 6.45) is -0.537. The van der Waals surface area contributed by atoms with Crippen LogP contribution in [0.5, 0.6) is 0 Å². The van der Waals surface area contributed by atoms with Crippen LogP contribution < -0.4 is 5.32 Å². The van der Waals surface area contributed by atoms with E-state index in [2.05, 4.69) is 10.1 Å². The molecule has 1 N–H and O–H groups in total. The fourth-order valence-corrected chi connectivity index (χ4v) is 1.34. The van der Waals surface area contributed by atoms with Gasteiger partial charge in [0.1, 0.15) is 6.54 Å². The van der Waals surface area contributed by atoms with Gasteiger partial charge in [0.15, 0.2) is 0 Å². The van der Waals surface area contributed by atoms with Gasteiger partial charge < -0.3 is 15.0 Å². The van der Waals surface area contributed by atoms with Crippen LogP contribution in [-0.2, 0) is 9.53 Å². The number of rotatable bonds is 3. The van der Waals surface area contributed by atoms with E-state index in [0.717, 1.165) is 11.3 Å². The zero-order valence-electron chi connectivity index (χ0n) is 10.2. The first-order valence-electron chi connectivity index (χ1n) is 5.19. The maximum Gasteiger partial charge on any atom is 0.409 e. The first-order valence-corrected chi connectivity index (χ1v) is 5.19. The fourth-order valence-electron chi connectivity index (χ4n) is 1.34. The van der Waals surface area contributed by atoms with E-state index in [1.54, 1.807) is 0 Å². The number of nitrogens with zero attached hydrogens (tertiary/aromatic N) is 1. The number of amides is 2. The van der Waals surface area contributed by atoms with E-state index in [1.165, 1.54) is 19.1 Å². The van der Waals surface area contributed by atoms with Gasteiger partial charge in [-0.3, -0.25) is 4.79 Å². The average Bonchev–Trinajstić information content (AvgIpc) is 2.31. The van der Waals surface area contributed by atoms with Gasteiger partial charge in [-0.05, 0) is 18.6 Å². The van der Waals surface area contributed by atoms with E-state index in [-0.39, 0.29) is 12.5 Å². The number of benzene rings is 1. The number of aryl methyl sites for hydroxylation is 1. The Morgan fingerprint density at radius 1 is 1.35 bits per heavy atom. The molecule has 0 fully saturated rings. The Labute approximate surface area is 100 Å². The first kappa shape index (κ1) is 13.0. The highest BCUT2D eigenvalue weighted by molar-refractivity contribution is 5.94. The normalized spacial score (nSPS) is 9.59. The third kappa shape index (κ3) is 3.79. The maximum absolute atomic E-state index is 11.6. The fraction of sp³-hybridized carbons (Fsp3) is 0.333. The molecule has 1 aromatic rings. The number of likely N-dealkylation sites (N-methyl/N-ethyl adjacent to an activating group) is 1. The number of nitrogens with one attached hydrogen (secondary N) is 1. The lowest BCUT2D eigenvalue weighted by atomic mass is 10.2. The first-order chi connectivity index (χ1) is 8.04. The highest BCUT2D eigenvalue weighted by Gasteiger charge is 2.13. The minimum absolute atomic E-state index is 0.0407. The van der Waals surface area contributed by atoms with E-state index < -0.39 is 6.09 Å². The summed E-state index contributed by atoms with van der Waals surface area (Å²) in [7, 11) is 2.78. The number of hydrogen-bond acceptors (Lipinski definition) is 3. The van der Waals surface area contributed by atoms with Gasteiger partial charge in [0, 0.05) is 12.7 Å². The Morgan fingerprint density at radius 2 is 2.00 bits per heavy atom. The number of carbonyl (C=O) groups excluding carboxylic acids is 2. The third-order valence-corrected chi connectivity index (χ3v) is 2.29. The molecule has 0 spiro atoms. The summed E-state index contributed by atoms with van der Waals surface area (Å²) >= 11 is 0. The van der Waals surface area contributed by atoms with E-state index >= 15 is 0 Å². The van der Waals surface area contributed by atoms with Crippen molar-refractivity contribution in [1.29, 1.82) is 0 Å². The predicted molar refractivity (Wildman–Crippen MR) is 64.8 cm³/mol. The highest BCUT2D eigenvalue weighted by atomic mass is 16.5. The number of para-hydroxylation sites is 1. The minimum atomic E-state index is -0.537. The van der Waals surface area contributed by atoms with Crippen molar-refractivity contribution in [1.82, 2.24) is 4.90 Å². The second-order valence-corrected chi connectivity index (χ2v) is 3.69. The Kier molecular flexibility index (Phi) is 4.51. The molecule has 17 heavy (non-hydrogen) atoms. The summed E-state index contributed by atoms with van der Waals surface area (Å²) in [4.78, 5) is 23.9. The van der Waals surface area contributed by atoms with Gasteiger partial charge in [0.25, 0.3) is 0 Å². The minimum Gasteiger partial charge on any atom is -0.453 e. The molecule has 92 valence electrons. The molecule has 2 amide bonds. The molecule has 5 nitrogen and oxygen atoms in total. The number of carbonyl (C=O) groups is 2. The van der Waals surface area contributed by atoms with Crippen LogP contribution in [0, 0.1) is 6.92 Å². The number of anilines is 1. The van der Waals surface area contributed by atoms with E-state index in [0.29, 0.717) is 0 Å². The summed E-state index contributed by atoms with van der Waals surface area (Å²) < 4.78 is 4.49. The van der Waals surface area contributed by atoms with Gasteiger partial charge >= 0.3 is 6.09 Å². The number of ether oxygens (including phenoxy) is 1. The van der Waals surface area contributed by atoms with Crippen molar-refractivity contribution in [3.8, 4) is 0 Å². The molecule has 0 aliphatic rings. The van der Waals surface area contributed by atoms with Crippen LogP contribution in [0.15, 0.2) is 24.3 Å². The molecule has 1 rings (SSSR count). The molecule has 0 heterocycles. The van der Waals surface area contributed by atoms with Crippen LogP contribution in [0.25, 0.3) is 0 Å². The van der Waals surface area contributed by atoms with Gasteiger partial charge in [-0.1, -0.05) is 18.2 Å². The van der Waals surface area contributed by atoms with Gasteiger partial charge in [-0.2, -0.15) is 0 Å². The van der Waals surface area contributed by atoms with Crippen LogP contribution in [0.2, 0.25) is 0 Å². The summed E-state index contributed by atoms with van der Waals surface area (Å²) in [5.74, 6) is -0.257. The van der Waals surface area contributed by atoms with Gasteiger partial charge in [-0.25, -0.2) is 4.79 Å². The third-order valence-electron chi connectivity index (χ3n) is 2.29. The second-order valence-electron chi connectivity index (χ2n) is 3.69. The van der Waals surface area contributed by atoms with E-state index in [4.69, 9.17) is 0 Å². The lowest BCUT2D eigenvalue weighted by molar-refractivity contribution is -0.116. The largest absolute Gasteiger partial charge is 0.453 e. The lowest BCUT2D eigenvalue weighted by Crippen LogP contribution is -2.34. The number of hydrogen-bond donors (Lipinski definition) is 1. The van der Waals surface area contributed by atoms with Crippen LogP contribution in [0.1, 0.15) is 5.56 Å². The van der Waals surface area contributed by atoms with Crippen LogP contribution >= 0.6 is 0 Å². The Bertz CT molecular complexity index is 418. The Morgan fingerprint density at radius 3 is 2.59 bits per heavy atom. The summed E-state index contributed by atoms with van der Waals surface area (Å²) in [5.41, 5.74) is 1.72. The SMILES string of the molecule is COC(=O)N(C)CC(=O)Nc1ccccc1C. The molecule has 5 heteroatoms. The number of methoxy groups -OCH3 is 1. The molecular weight excluding hydrogens is 220 g/mol. The van der Waals surface area contributed by atoms with Crippen LogP contribution in [0.4, 0.5) is 10.5 Å². The molecule has 0 unspecified atom stereocenters. The molecule has 0 radical (unpaired) electrons. The van der Waals surface area contributed by atoms with Crippen molar-refractivity contribution in [2.45, 2.75) is 6.92 Å². The zero-order valence-corrected chi connectivity index (χ0v) is 10.2. The van der Waals surface area contributed by atoms with Crippen molar-refractivity contribution in [3.05, 3.63) is 29.8 Å². The Balaban J connectivity index is 2.56. The summed E-state index contributed by atoms with van der Waals surface area (Å²) in [6, 6.07) is 7.45. The molecule has 0 bridgehead atoms. The lowest BCUT2D eigenvalue weighted by Gasteiger charge is -2.15. The standard InChI is InChI=1S/C12H16N2O3/c1-9-6-4-5-7-10(9)13-11(15)8-14(2)12(16)17-3/h4-7H,8H2,1-3H3,(H,13,15). The topological polar surface area (TPSA) is 58.6 Å². The molecule has 0 saturated heterocycles. The van der Waals surface area contributed by atoms with Gasteiger partial charge in [0.05, 0.1) is 7.11 Å². The van der Waals surface area contributed by atoms with Crippen molar-refractivity contribution in [2.24, 2.45) is 0 Å². The second kappa shape index (κ2) is 5.89. The van der Waals surface area contributed by atoms with E-state index in [1.807, 2.05) is 31.2 Å². The highest BCUT2D eigenvalue weighted by Crippen LogP contribution is 2.12. The molecule has 0 aromatic heterocycles. The van der Waals surface area contributed by atoms with Crippen molar-refractivity contribution in [3.63, 3.8) is 0 Å². The van der Waals surface area contributed by atoms with Crippen LogP contribution in [-0.4, -0.2) is 37.6 Å².